The predicted molar refractivity (Wildman–Crippen MR) is 120 cm³/mol. The van der Waals surface area contributed by atoms with E-state index in [9.17, 15) is 14.7 Å². The third-order valence-electron chi connectivity index (χ3n) is 5.98. The van der Waals surface area contributed by atoms with E-state index < -0.39 is 24.5 Å². The highest BCUT2D eigenvalue weighted by Crippen LogP contribution is 2.35. The number of aromatic nitrogens is 3. The summed E-state index contributed by atoms with van der Waals surface area (Å²) in [5.41, 5.74) is 1.92. The molecule has 1 amide bonds. The van der Waals surface area contributed by atoms with Crippen LogP contribution in [0.25, 0.3) is 0 Å². The largest absolute Gasteiger partial charge is 0.482 e. The molecule has 1 aliphatic rings. The van der Waals surface area contributed by atoms with Crippen LogP contribution in [0.3, 0.4) is 0 Å². The Kier molecular flexibility index (Phi) is 6.15. The molecule has 3 heterocycles. The van der Waals surface area contributed by atoms with E-state index in [0.717, 1.165) is 16.8 Å². The highest BCUT2D eigenvalue weighted by atomic mass is 16.5. The van der Waals surface area contributed by atoms with Gasteiger partial charge in [-0.3, -0.25) is 14.4 Å². The minimum absolute atomic E-state index is 0.244. The summed E-state index contributed by atoms with van der Waals surface area (Å²) in [5, 5.41) is 28.2. The first-order valence-corrected chi connectivity index (χ1v) is 10.7. The number of anilines is 1. The Hall–Kier alpha value is -3.70. The molecule has 4 rings (SSSR count). The molecule has 11 heteroatoms. The van der Waals surface area contributed by atoms with Crippen molar-refractivity contribution in [1.82, 2.24) is 19.8 Å². The molecule has 2 N–H and O–H groups in total. The van der Waals surface area contributed by atoms with E-state index >= 15 is 0 Å². The zero-order chi connectivity index (χ0) is 24.6. The summed E-state index contributed by atoms with van der Waals surface area (Å²) in [4.78, 5) is 27.0. The summed E-state index contributed by atoms with van der Waals surface area (Å²) in [7, 11) is 0. The second-order valence-electron chi connectivity index (χ2n) is 8.74. The van der Waals surface area contributed by atoms with Gasteiger partial charge in [0.25, 0.3) is 0 Å². The maximum absolute atomic E-state index is 13.3. The lowest BCUT2D eigenvalue weighted by molar-refractivity contribution is -0.139. The van der Waals surface area contributed by atoms with Crippen molar-refractivity contribution < 1.29 is 29.1 Å². The number of carboxylic acid groups (broad SMARTS) is 1. The maximum Gasteiger partial charge on any atom is 0.341 e. The minimum Gasteiger partial charge on any atom is -0.482 e. The number of hydrogen-bond donors (Lipinski definition) is 2. The number of benzene rings is 1. The summed E-state index contributed by atoms with van der Waals surface area (Å²) >= 11 is 0. The van der Waals surface area contributed by atoms with E-state index in [4.69, 9.17) is 14.4 Å². The Morgan fingerprint density at radius 1 is 1.26 bits per heavy atom. The molecule has 1 aliphatic heterocycles. The molecule has 1 unspecified atom stereocenters. The molecule has 0 radical (unpaired) electrons. The van der Waals surface area contributed by atoms with E-state index in [1.807, 2.05) is 19.9 Å². The van der Waals surface area contributed by atoms with Crippen molar-refractivity contribution in [3.05, 3.63) is 59.2 Å². The first kappa shape index (κ1) is 23.5. The van der Waals surface area contributed by atoms with Crippen LogP contribution in [0.5, 0.6) is 5.75 Å². The number of nitrogens with zero attached hydrogens (tertiary/aromatic N) is 5. The topological polar surface area (TPSA) is 134 Å². The van der Waals surface area contributed by atoms with Crippen molar-refractivity contribution in [3.8, 4) is 5.75 Å². The molecule has 180 valence electrons. The van der Waals surface area contributed by atoms with E-state index in [-0.39, 0.29) is 12.5 Å². The van der Waals surface area contributed by atoms with Gasteiger partial charge in [0.2, 0.25) is 5.91 Å². The fraction of sp³-hybridized carbons (Fsp3) is 0.391. The lowest BCUT2D eigenvalue weighted by atomic mass is 10.0. The predicted octanol–water partition coefficient (Wildman–Crippen LogP) is 1.90. The average Bonchev–Trinajstić information content (AvgIpc) is 3.42. The summed E-state index contributed by atoms with van der Waals surface area (Å²) < 4.78 is 12.1. The Bertz CT molecular complexity index is 1200. The zero-order valence-corrected chi connectivity index (χ0v) is 19.4. The van der Waals surface area contributed by atoms with Crippen molar-refractivity contribution in [2.45, 2.75) is 52.7 Å². The molecule has 0 aliphatic carbocycles. The standard InChI is InChI=1S/C23H27N5O6/c1-14-19(15(2)34-25-14)12-26-11-17(9-24-26)28-21(31)23(3,4)27(22(28)32)10-16-6-5-7-18(8-16)33-13-20(29)30/h5-9,11,22,32H,10,12-13H2,1-4H3,(H,29,30). The Labute approximate surface area is 196 Å². The smallest absolute Gasteiger partial charge is 0.341 e. The van der Waals surface area contributed by atoms with Gasteiger partial charge < -0.3 is 19.5 Å². The summed E-state index contributed by atoms with van der Waals surface area (Å²) in [6.07, 6.45) is 2.02. The van der Waals surface area contributed by atoms with Crippen molar-refractivity contribution in [3.63, 3.8) is 0 Å². The molecule has 1 aromatic carbocycles. The second kappa shape index (κ2) is 8.92. The van der Waals surface area contributed by atoms with Gasteiger partial charge in [0.05, 0.1) is 29.7 Å². The molecule has 2 aromatic heterocycles. The van der Waals surface area contributed by atoms with Crippen LogP contribution in [0.4, 0.5) is 5.69 Å². The Morgan fingerprint density at radius 2 is 2.03 bits per heavy atom. The molecule has 0 bridgehead atoms. The monoisotopic (exact) mass is 469 g/mol. The minimum atomic E-state index is -1.22. The van der Waals surface area contributed by atoms with Crippen LogP contribution in [0.15, 0.2) is 41.2 Å². The van der Waals surface area contributed by atoms with E-state index in [0.29, 0.717) is 23.7 Å². The first-order chi connectivity index (χ1) is 16.1. The molecular weight excluding hydrogens is 442 g/mol. The van der Waals surface area contributed by atoms with Crippen molar-refractivity contribution in [2.75, 3.05) is 11.5 Å². The number of aliphatic carboxylic acids is 1. The normalized spacial score (nSPS) is 18.0. The number of ether oxygens (including phenoxy) is 1. The van der Waals surface area contributed by atoms with Gasteiger partial charge in [0.15, 0.2) is 13.0 Å². The number of amides is 1. The van der Waals surface area contributed by atoms with Gasteiger partial charge >= 0.3 is 5.97 Å². The molecule has 1 fully saturated rings. The Balaban J connectivity index is 1.53. The van der Waals surface area contributed by atoms with Crippen LogP contribution in [0.1, 0.15) is 36.4 Å². The quantitative estimate of drug-likeness (QED) is 0.507. The van der Waals surface area contributed by atoms with Gasteiger partial charge in [0, 0.05) is 18.3 Å². The van der Waals surface area contributed by atoms with Crippen molar-refractivity contribution >= 4 is 17.6 Å². The van der Waals surface area contributed by atoms with E-state index in [1.54, 1.807) is 54.0 Å². The highest BCUT2D eigenvalue weighted by molar-refractivity contribution is 6.02. The molecule has 34 heavy (non-hydrogen) atoms. The van der Waals surface area contributed by atoms with Crippen LogP contribution >= 0.6 is 0 Å². The SMILES string of the molecule is Cc1noc(C)c1Cn1cc(N2C(=O)C(C)(C)N(Cc3cccc(OCC(=O)O)c3)C2O)cn1. The number of carbonyl (C=O) groups is 2. The lowest BCUT2D eigenvalue weighted by Crippen LogP contribution is -2.45. The molecule has 1 atom stereocenters. The average molecular weight is 469 g/mol. The maximum atomic E-state index is 13.3. The third-order valence-corrected chi connectivity index (χ3v) is 5.98. The van der Waals surface area contributed by atoms with Crippen LogP contribution in [-0.4, -0.2) is 60.4 Å². The fourth-order valence-corrected chi connectivity index (χ4v) is 4.01. The molecular formula is C23H27N5O6. The van der Waals surface area contributed by atoms with Crippen LogP contribution < -0.4 is 9.64 Å². The third kappa shape index (κ3) is 4.39. The van der Waals surface area contributed by atoms with E-state index in [2.05, 4.69) is 10.3 Å². The molecule has 0 saturated carbocycles. The van der Waals surface area contributed by atoms with Gasteiger partial charge in [-0.1, -0.05) is 17.3 Å². The van der Waals surface area contributed by atoms with Crippen LogP contribution in [-0.2, 0) is 22.7 Å². The first-order valence-electron chi connectivity index (χ1n) is 10.7. The van der Waals surface area contributed by atoms with Gasteiger partial charge in [-0.15, -0.1) is 0 Å². The molecule has 3 aromatic rings. The number of rotatable bonds is 8. The molecule has 11 nitrogen and oxygen atoms in total. The lowest BCUT2D eigenvalue weighted by Gasteiger charge is -2.30. The van der Waals surface area contributed by atoms with Gasteiger partial charge in [-0.05, 0) is 45.4 Å². The highest BCUT2D eigenvalue weighted by Gasteiger charge is 2.52. The van der Waals surface area contributed by atoms with Gasteiger partial charge in [-0.25, -0.2) is 9.69 Å². The van der Waals surface area contributed by atoms with Crippen LogP contribution in [0, 0.1) is 13.8 Å². The van der Waals surface area contributed by atoms with Crippen LogP contribution in [0.2, 0.25) is 0 Å². The second-order valence-corrected chi connectivity index (χ2v) is 8.74. The summed E-state index contributed by atoms with van der Waals surface area (Å²) in [6.45, 7) is 7.39. The fourth-order valence-electron chi connectivity index (χ4n) is 4.01. The van der Waals surface area contributed by atoms with Crippen molar-refractivity contribution in [2.24, 2.45) is 0 Å². The zero-order valence-electron chi connectivity index (χ0n) is 19.4. The van der Waals surface area contributed by atoms with Gasteiger partial charge in [-0.2, -0.15) is 5.10 Å². The summed E-state index contributed by atoms with van der Waals surface area (Å²) in [6, 6.07) is 6.91. The number of hydrogen-bond acceptors (Lipinski definition) is 8. The number of aliphatic hydroxyl groups is 1. The number of aryl methyl sites for hydroxylation is 2. The molecule has 1 saturated heterocycles. The number of carboxylic acids is 1. The number of aliphatic hydroxyl groups excluding tert-OH is 1. The molecule has 0 spiro atoms. The summed E-state index contributed by atoms with van der Waals surface area (Å²) in [5.74, 6) is -0.239. The Morgan fingerprint density at radius 3 is 2.71 bits per heavy atom. The number of carbonyl (C=O) groups excluding carboxylic acids is 1. The van der Waals surface area contributed by atoms with Gasteiger partial charge in [0.1, 0.15) is 11.5 Å². The van der Waals surface area contributed by atoms with E-state index in [1.165, 1.54) is 4.90 Å². The van der Waals surface area contributed by atoms with Crippen molar-refractivity contribution in [1.29, 1.82) is 0 Å².